The molecule has 2 rings (SSSR count). The maximum atomic E-state index is 10.9. The summed E-state index contributed by atoms with van der Waals surface area (Å²) in [6.45, 7) is -1.66. The molecule has 0 fully saturated rings. The van der Waals surface area contributed by atoms with Crippen molar-refractivity contribution in [2.24, 2.45) is 0 Å². The molecule has 2 aromatic rings. The number of aromatic nitrogens is 2. The zero-order valence-corrected chi connectivity index (χ0v) is 23.5. The van der Waals surface area contributed by atoms with Crippen LogP contribution in [0, 0.1) is 0 Å². The van der Waals surface area contributed by atoms with E-state index in [-0.39, 0.29) is 92.6 Å². The number of carbonyl (C=O) groups excluding carboxylic acids is 4. The molecule has 0 aromatic carbocycles. The van der Waals surface area contributed by atoms with Gasteiger partial charge in [-0.3, -0.25) is 0 Å². The first-order valence-electron chi connectivity index (χ1n) is 8.34. The predicted octanol–water partition coefficient (Wildman–Crippen LogP) is -6.52. The Morgan fingerprint density at radius 2 is 1.03 bits per heavy atom. The van der Waals surface area contributed by atoms with E-state index in [1.807, 2.05) is 0 Å². The fourth-order valence-electron chi connectivity index (χ4n) is 1.60. The third-order valence-corrected chi connectivity index (χ3v) is 2.82. The molecule has 0 saturated carbocycles. The molecule has 33 heavy (non-hydrogen) atoms. The SMILES string of the molecule is O=C([O-])C[N-]C(=O)C[N-]c1ccccn1.O=C([O-])C[N-]C(=O)C[N-]c1ccccn1.[Na+].[Na+].[Pd]. The molecule has 2 heterocycles. The van der Waals surface area contributed by atoms with Crippen LogP contribution in [0.3, 0.4) is 0 Å². The first-order chi connectivity index (χ1) is 14.4. The Bertz CT molecular complexity index is 766. The fraction of sp³-hybridized carbons (Fsp3) is 0.222. The largest absolute Gasteiger partial charge is 1.00 e. The van der Waals surface area contributed by atoms with Gasteiger partial charge < -0.3 is 60.6 Å². The number of carboxylic acids is 2. The van der Waals surface area contributed by atoms with Crippen molar-refractivity contribution >= 4 is 35.4 Å². The first kappa shape index (κ1) is 36.0. The zero-order chi connectivity index (χ0) is 22.2. The number of amides is 2. The number of hydrogen-bond acceptors (Lipinski definition) is 8. The average Bonchev–Trinajstić information content (AvgIpc) is 2.75. The van der Waals surface area contributed by atoms with E-state index in [1.165, 1.54) is 0 Å². The quantitative estimate of drug-likeness (QED) is 0.254. The molecule has 0 saturated heterocycles. The Balaban J connectivity index is -0.000000500. The van der Waals surface area contributed by atoms with E-state index in [4.69, 9.17) is 0 Å². The summed E-state index contributed by atoms with van der Waals surface area (Å²) >= 11 is 0. The van der Waals surface area contributed by atoms with Crippen molar-refractivity contribution in [3.05, 3.63) is 70.1 Å². The molecule has 0 bridgehead atoms. The van der Waals surface area contributed by atoms with Crippen LogP contribution >= 0.6 is 0 Å². The Hall–Kier alpha value is -1.56. The van der Waals surface area contributed by atoms with Crippen LogP contribution in [0.2, 0.25) is 0 Å². The molecule has 0 radical (unpaired) electrons. The monoisotopic (exact) mass is 564 g/mol. The van der Waals surface area contributed by atoms with Crippen molar-refractivity contribution in [3.63, 3.8) is 0 Å². The summed E-state index contributed by atoms with van der Waals surface area (Å²) in [5, 5.41) is 34.0. The molecule has 2 amide bonds. The molecule has 0 aliphatic rings. The van der Waals surface area contributed by atoms with Gasteiger partial charge in [-0.15, -0.1) is 0 Å². The minimum atomic E-state index is -1.39. The average molecular weight is 565 g/mol. The standard InChI is InChI=1S/2C9H11N3O3.2Na.Pd/c2*13-8(12-6-9(14)15)5-11-7-3-1-2-4-10-7;;;/h2*1-4H,5-6H2,(H3,10,11,12,13,14,15);;;/q;;2*+1;/p-6. The maximum absolute atomic E-state index is 10.9. The molecule has 0 atom stereocenters. The summed E-state index contributed by atoms with van der Waals surface area (Å²) in [5.41, 5.74) is 0. The van der Waals surface area contributed by atoms with Gasteiger partial charge in [-0.2, -0.15) is 0 Å². The summed E-state index contributed by atoms with van der Waals surface area (Å²) in [6, 6.07) is 10.2. The zero-order valence-electron chi connectivity index (χ0n) is 17.9. The Labute approximate surface area is 248 Å². The summed E-state index contributed by atoms with van der Waals surface area (Å²) in [4.78, 5) is 49.6. The number of rotatable bonds is 10. The number of hydrogen-bond donors (Lipinski definition) is 0. The number of carbonyl (C=O) groups is 4. The molecule has 170 valence electrons. The van der Waals surface area contributed by atoms with Gasteiger partial charge in [0.15, 0.2) is 0 Å². The van der Waals surface area contributed by atoms with Crippen LogP contribution in [0.1, 0.15) is 0 Å². The van der Waals surface area contributed by atoms with Gasteiger partial charge >= 0.3 is 59.1 Å². The van der Waals surface area contributed by atoms with Gasteiger partial charge in [-0.1, -0.05) is 73.5 Å². The van der Waals surface area contributed by atoms with Crippen molar-refractivity contribution in [1.29, 1.82) is 0 Å². The molecule has 15 heteroatoms. The maximum Gasteiger partial charge on any atom is 1.00 e. The van der Waals surface area contributed by atoms with Gasteiger partial charge in [-0.25, -0.2) is 0 Å². The van der Waals surface area contributed by atoms with Gasteiger partial charge in [0.05, 0.1) is 11.8 Å². The minimum absolute atomic E-state index is 0. The normalized spacial score (nSPS) is 8.48. The van der Waals surface area contributed by atoms with Crippen molar-refractivity contribution in [2.45, 2.75) is 0 Å². The Kier molecular flexibility index (Phi) is 24.3. The van der Waals surface area contributed by atoms with Gasteiger partial charge in [0, 0.05) is 32.4 Å². The van der Waals surface area contributed by atoms with Gasteiger partial charge in [0.25, 0.3) is 0 Å². The van der Waals surface area contributed by atoms with Crippen LogP contribution in [0.15, 0.2) is 48.8 Å². The Morgan fingerprint density at radius 3 is 1.30 bits per heavy atom. The number of carboxylic acid groups (broad SMARTS) is 2. The van der Waals surface area contributed by atoms with Gasteiger partial charge in [-0.05, 0) is 13.1 Å². The third-order valence-electron chi connectivity index (χ3n) is 2.82. The number of nitrogens with zero attached hydrogens (tertiary/aromatic N) is 6. The molecule has 0 unspecified atom stereocenters. The molecule has 12 nitrogen and oxygen atoms in total. The fourth-order valence-corrected chi connectivity index (χ4v) is 1.60. The molecular formula is C18H16N6Na2O6Pd-4. The van der Waals surface area contributed by atoms with Crippen LogP contribution in [-0.4, -0.2) is 59.9 Å². The molecule has 0 aliphatic heterocycles. The second-order valence-electron chi connectivity index (χ2n) is 5.17. The molecule has 0 aliphatic carbocycles. The topological polar surface area (TPSA) is 197 Å². The van der Waals surface area contributed by atoms with Crippen LogP contribution in [0.4, 0.5) is 11.6 Å². The molecule has 0 spiro atoms. The molecule has 2 aromatic heterocycles. The smallest absolute Gasteiger partial charge is 0.649 e. The summed E-state index contributed by atoms with van der Waals surface area (Å²) in [5.74, 6) is -3.17. The summed E-state index contributed by atoms with van der Waals surface area (Å²) in [6.07, 6.45) is 3.09. The van der Waals surface area contributed by atoms with Crippen molar-refractivity contribution in [3.8, 4) is 0 Å². The van der Waals surface area contributed by atoms with Gasteiger partial charge in [0.1, 0.15) is 0 Å². The summed E-state index contributed by atoms with van der Waals surface area (Å²) in [7, 11) is 0. The van der Waals surface area contributed by atoms with E-state index in [2.05, 4.69) is 31.2 Å². The Morgan fingerprint density at radius 1 is 0.667 bits per heavy atom. The van der Waals surface area contributed by atoms with Crippen LogP contribution in [-0.2, 0) is 39.6 Å². The number of pyridine rings is 2. The van der Waals surface area contributed by atoms with E-state index in [0.29, 0.717) is 11.6 Å². The van der Waals surface area contributed by atoms with Crippen molar-refractivity contribution in [1.82, 2.24) is 9.97 Å². The number of aliphatic carboxylic acids is 2. The van der Waals surface area contributed by atoms with Gasteiger partial charge in [0.2, 0.25) is 0 Å². The second-order valence-corrected chi connectivity index (χ2v) is 5.17. The van der Waals surface area contributed by atoms with Crippen molar-refractivity contribution in [2.75, 3.05) is 26.2 Å². The molecular weight excluding hydrogens is 549 g/mol. The predicted molar refractivity (Wildman–Crippen MR) is 101 cm³/mol. The van der Waals surface area contributed by atoms with E-state index < -0.39 is 36.8 Å². The van der Waals surface area contributed by atoms with Crippen LogP contribution < -0.4 is 69.3 Å². The van der Waals surface area contributed by atoms with E-state index in [1.54, 1.807) is 48.8 Å². The van der Waals surface area contributed by atoms with Crippen LogP contribution in [0.5, 0.6) is 0 Å². The van der Waals surface area contributed by atoms with E-state index in [0.717, 1.165) is 0 Å². The van der Waals surface area contributed by atoms with Crippen molar-refractivity contribution < 1.29 is 109 Å². The first-order valence-corrected chi connectivity index (χ1v) is 8.34. The minimum Gasteiger partial charge on any atom is -0.649 e. The third kappa shape index (κ3) is 20.8. The van der Waals surface area contributed by atoms with E-state index >= 15 is 0 Å². The molecule has 0 N–H and O–H groups in total. The van der Waals surface area contributed by atoms with Crippen LogP contribution in [0.25, 0.3) is 21.3 Å². The second kappa shape index (κ2) is 22.2. The summed E-state index contributed by atoms with van der Waals surface area (Å²) < 4.78 is 0. The van der Waals surface area contributed by atoms with E-state index in [9.17, 15) is 29.4 Å².